The first-order valence-electron chi connectivity index (χ1n) is 5.82. The first kappa shape index (κ1) is 11.3. The second-order valence-electron chi connectivity index (χ2n) is 4.52. The fourth-order valence-electron chi connectivity index (χ4n) is 2.60. The number of aliphatic hydroxyl groups is 2. The van der Waals surface area contributed by atoms with E-state index in [4.69, 9.17) is 14.6 Å². The average molecular weight is 216 g/mol. The Morgan fingerprint density at radius 3 is 2.93 bits per heavy atom. The van der Waals surface area contributed by atoms with E-state index in [1.807, 2.05) is 6.92 Å². The van der Waals surface area contributed by atoms with Crippen molar-refractivity contribution in [1.82, 2.24) is 0 Å². The summed E-state index contributed by atoms with van der Waals surface area (Å²) >= 11 is 0. The van der Waals surface area contributed by atoms with Crippen LogP contribution < -0.4 is 0 Å². The zero-order chi connectivity index (χ0) is 10.8. The molecule has 2 saturated heterocycles. The Morgan fingerprint density at radius 2 is 2.27 bits per heavy atom. The van der Waals surface area contributed by atoms with Crippen molar-refractivity contribution in [3.63, 3.8) is 0 Å². The van der Waals surface area contributed by atoms with Crippen LogP contribution in [0, 0.1) is 11.8 Å². The van der Waals surface area contributed by atoms with Crippen molar-refractivity contribution in [3.05, 3.63) is 0 Å². The van der Waals surface area contributed by atoms with Gasteiger partial charge in [-0.15, -0.1) is 0 Å². The molecule has 2 N–H and O–H groups in total. The Kier molecular flexibility index (Phi) is 3.61. The van der Waals surface area contributed by atoms with E-state index < -0.39 is 0 Å². The van der Waals surface area contributed by atoms with Crippen LogP contribution in [0.3, 0.4) is 0 Å². The zero-order valence-corrected chi connectivity index (χ0v) is 9.13. The summed E-state index contributed by atoms with van der Waals surface area (Å²) in [7, 11) is 0. The second kappa shape index (κ2) is 4.78. The number of rotatable bonds is 4. The molecular formula is C11H20O4. The van der Waals surface area contributed by atoms with Gasteiger partial charge in [-0.25, -0.2) is 0 Å². The van der Waals surface area contributed by atoms with Crippen LogP contribution in [-0.4, -0.2) is 41.9 Å². The molecule has 2 fully saturated rings. The lowest BCUT2D eigenvalue weighted by Gasteiger charge is -2.18. The molecule has 0 aromatic rings. The molecular weight excluding hydrogens is 196 g/mol. The largest absolute Gasteiger partial charge is 0.396 e. The Bertz CT molecular complexity index is 207. The molecule has 2 aliphatic rings. The molecule has 0 saturated carbocycles. The SMILES string of the molecule is CCC(O)C1CC2C(CCO)COC2O1. The number of hydrogen-bond donors (Lipinski definition) is 2. The summed E-state index contributed by atoms with van der Waals surface area (Å²) in [6.45, 7) is 2.84. The van der Waals surface area contributed by atoms with Crippen molar-refractivity contribution in [2.45, 2.75) is 44.7 Å². The maximum atomic E-state index is 9.70. The molecule has 5 unspecified atom stereocenters. The summed E-state index contributed by atoms with van der Waals surface area (Å²) < 4.78 is 11.2. The van der Waals surface area contributed by atoms with Crippen molar-refractivity contribution in [3.8, 4) is 0 Å². The molecule has 5 atom stereocenters. The molecule has 0 aromatic carbocycles. The van der Waals surface area contributed by atoms with Gasteiger partial charge in [0, 0.05) is 12.5 Å². The van der Waals surface area contributed by atoms with E-state index in [2.05, 4.69) is 0 Å². The minimum atomic E-state index is -0.381. The molecule has 0 aliphatic carbocycles. The van der Waals surface area contributed by atoms with E-state index in [9.17, 15) is 5.11 Å². The number of ether oxygens (including phenoxy) is 2. The second-order valence-corrected chi connectivity index (χ2v) is 4.52. The standard InChI is InChI=1S/C11H20O4/c1-2-9(13)10-5-8-7(3-4-12)6-14-11(8)15-10/h7-13H,2-6H2,1H3. The van der Waals surface area contributed by atoms with Crippen LogP contribution in [0.15, 0.2) is 0 Å². The predicted octanol–water partition coefficient (Wildman–Crippen LogP) is 0.517. The van der Waals surface area contributed by atoms with Crippen LogP contribution in [0.4, 0.5) is 0 Å². The third kappa shape index (κ3) is 2.18. The van der Waals surface area contributed by atoms with E-state index >= 15 is 0 Å². The smallest absolute Gasteiger partial charge is 0.161 e. The Hall–Kier alpha value is -0.160. The van der Waals surface area contributed by atoms with E-state index in [1.54, 1.807) is 0 Å². The van der Waals surface area contributed by atoms with Gasteiger partial charge in [0.05, 0.1) is 18.8 Å². The van der Waals surface area contributed by atoms with Gasteiger partial charge in [-0.3, -0.25) is 0 Å². The normalized spacial score (nSPS) is 41.8. The van der Waals surface area contributed by atoms with Gasteiger partial charge < -0.3 is 19.7 Å². The average Bonchev–Trinajstić information content (AvgIpc) is 2.79. The molecule has 4 nitrogen and oxygen atoms in total. The number of aliphatic hydroxyl groups excluding tert-OH is 2. The van der Waals surface area contributed by atoms with Crippen molar-refractivity contribution in [2.24, 2.45) is 11.8 Å². The third-order valence-corrected chi connectivity index (χ3v) is 3.59. The first-order chi connectivity index (χ1) is 7.26. The molecule has 2 heterocycles. The Balaban J connectivity index is 1.91. The highest BCUT2D eigenvalue weighted by atomic mass is 16.7. The van der Waals surface area contributed by atoms with Crippen molar-refractivity contribution in [2.75, 3.05) is 13.2 Å². The molecule has 0 bridgehead atoms. The first-order valence-corrected chi connectivity index (χ1v) is 5.82. The quantitative estimate of drug-likeness (QED) is 0.719. The lowest BCUT2D eigenvalue weighted by molar-refractivity contribution is -0.140. The molecule has 0 radical (unpaired) electrons. The maximum absolute atomic E-state index is 9.70. The van der Waals surface area contributed by atoms with Crippen LogP contribution in [0.5, 0.6) is 0 Å². The summed E-state index contributed by atoms with van der Waals surface area (Å²) in [4.78, 5) is 0. The van der Waals surface area contributed by atoms with Crippen LogP contribution in [0.1, 0.15) is 26.2 Å². The van der Waals surface area contributed by atoms with Crippen LogP contribution in [0.2, 0.25) is 0 Å². The molecule has 2 aliphatic heterocycles. The van der Waals surface area contributed by atoms with Crippen LogP contribution in [0.25, 0.3) is 0 Å². The fourth-order valence-corrected chi connectivity index (χ4v) is 2.60. The highest BCUT2D eigenvalue weighted by Gasteiger charge is 2.46. The third-order valence-electron chi connectivity index (χ3n) is 3.59. The van der Waals surface area contributed by atoms with Gasteiger partial charge in [0.2, 0.25) is 0 Å². The highest BCUT2D eigenvalue weighted by molar-refractivity contribution is 4.89. The van der Waals surface area contributed by atoms with Gasteiger partial charge in [-0.1, -0.05) is 6.92 Å². The van der Waals surface area contributed by atoms with Gasteiger partial charge in [0.15, 0.2) is 6.29 Å². The van der Waals surface area contributed by atoms with Crippen molar-refractivity contribution >= 4 is 0 Å². The number of fused-ring (bicyclic) bond motifs is 1. The molecule has 4 heteroatoms. The lowest BCUT2D eigenvalue weighted by Crippen LogP contribution is -2.26. The van der Waals surface area contributed by atoms with Crippen molar-refractivity contribution in [1.29, 1.82) is 0 Å². The summed E-state index contributed by atoms with van der Waals surface area (Å²) in [6, 6.07) is 0. The topological polar surface area (TPSA) is 58.9 Å². The van der Waals surface area contributed by atoms with E-state index in [0.29, 0.717) is 18.4 Å². The van der Waals surface area contributed by atoms with E-state index in [1.165, 1.54) is 0 Å². The fraction of sp³-hybridized carbons (Fsp3) is 1.00. The minimum absolute atomic E-state index is 0.0773. The van der Waals surface area contributed by atoms with E-state index in [-0.39, 0.29) is 25.1 Å². The van der Waals surface area contributed by atoms with Crippen LogP contribution in [-0.2, 0) is 9.47 Å². The molecule has 0 spiro atoms. The lowest BCUT2D eigenvalue weighted by atomic mass is 9.88. The summed E-state index contributed by atoms with van der Waals surface area (Å²) in [5.41, 5.74) is 0. The monoisotopic (exact) mass is 216 g/mol. The Labute approximate surface area is 90.2 Å². The molecule has 2 rings (SSSR count). The van der Waals surface area contributed by atoms with Gasteiger partial charge >= 0.3 is 0 Å². The van der Waals surface area contributed by atoms with E-state index in [0.717, 1.165) is 19.3 Å². The van der Waals surface area contributed by atoms with Crippen LogP contribution >= 0.6 is 0 Å². The highest BCUT2D eigenvalue weighted by Crippen LogP contribution is 2.41. The molecule has 0 amide bonds. The zero-order valence-electron chi connectivity index (χ0n) is 9.13. The summed E-state index contributed by atoms with van der Waals surface area (Å²) in [5.74, 6) is 0.761. The van der Waals surface area contributed by atoms with Crippen molar-refractivity contribution < 1.29 is 19.7 Å². The predicted molar refractivity (Wildman–Crippen MR) is 54.2 cm³/mol. The minimum Gasteiger partial charge on any atom is -0.396 e. The maximum Gasteiger partial charge on any atom is 0.161 e. The number of hydrogen-bond acceptors (Lipinski definition) is 4. The molecule has 0 aromatic heterocycles. The Morgan fingerprint density at radius 1 is 1.47 bits per heavy atom. The summed E-state index contributed by atoms with van der Waals surface area (Å²) in [5, 5.41) is 18.6. The molecule has 88 valence electrons. The molecule has 15 heavy (non-hydrogen) atoms. The van der Waals surface area contributed by atoms with Gasteiger partial charge in [-0.05, 0) is 25.2 Å². The van der Waals surface area contributed by atoms with Gasteiger partial charge in [-0.2, -0.15) is 0 Å². The van der Waals surface area contributed by atoms with Gasteiger partial charge in [0.25, 0.3) is 0 Å². The summed E-state index contributed by atoms with van der Waals surface area (Å²) in [6.07, 6.45) is 1.76. The van der Waals surface area contributed by atoms with Gasteiger partial charge in [0.1, 0.15) is 0 Å².